The van der Waals surface area contributed by atoms with Gasteiger partial charge < -0.3 is 15.3 Å². The van der Waals surface area contributed by atoms with Crippen LogP contribution in [-0.4, -0.2) is 26.0 Å². The minimum Gasteiger partial charge on any atom is -0.361 e. The number of para-hydroxylation sites is 1. The van der Waals surface area contributed by atoms with E-state index in [2.05, 4.69) is 9.78 Å². The molecule has 5 nitrogen and oxygen atoms in total. The summed E-state index contributed by atoms with van der Waals surface area (Å²) < 4.78 is 0. The summed E-state index contributed by atoms with van der Waals surface area (Å²) in [4.78, 5) is 26.0. The molecule has 0 fully saturated rings. The summed E-state index contributed by atoms with van der Waals surface area (Å²) >= 11 is 0. The Bertz CT molecular complexity index is 546. The van der Waals surface area contributed by atoms with Crippen LogP contribution in [0, 0.1) is 0 Å². The quantitative estimate of drug-likeness (QED) is 0.486. The molecule has 0 heterocycles. The third kappa shape index (κ3) is 2.97. The highest BCUT2D eigenvalue weighted by molar-refractivity contribution is 7.51. The summed E-state index contributed by atoms with van der Waals surface area (Å²) in [6.07, 6.45) is 2.65. The second-order valence-corrected chi connectivity index (χ2v) is 4.87. The van der Waals surface area contributed by atoms with Crippen molar-refractivity contribution < 1.29 is 14.6 Å². The Hall–Kier alpha value is -1.64. The van der Waals surface area contributed by atoms with Gasteiger partial charge in [-0.25, -0.2) is 0 Å². The number of rotatable bonds is 2. The van der Waals surface area contributed by atoms with Crippen molar-refractivity contribution >= 4 is 25.5 Å². The summed E-state index contributed by atoms with van der Waals surface area (Å²) in [6.45, 7) is 0. The zero-order chi connectivity index (χ0) is 13.0. The normalized spacial score (nSPS) is 17.8. The SMILES string of the molecule is [N-]=[N+]=C1CCC(=Nc2ccccc2)C=C1P(O)O. The first-order chi connectivity index (χ1) is 8.70. The van der Waals surface area contributed by atoms with Gasteiger partial charge >= 0.3 is 5.71 Å². The Kier molecular flexibility index (Phi) is 4.13. The average molecular weight is 261 g/mol. The van der Waals surface area contributed by atoms with Crippen LogP contribution in [0.1, 0.15) is 12.8 Å². The molecule has 1 aromatic carbocycles. The molecule has 0 aromatic heterocycles. The van der Waals surface area contributed by atoms with Crippen molar-refractivity contribution in [2.75, 3.05) is 0 Å². The molecule has 2 N–H and O–H groups in total. The van der Waals surface area contributed by atoms with Gasteiger partial charge in [-0.15, -0.1) is 0 Å². The van der Waals surface area contributed by atoms with Crippen LogP contribution in [0.4, 0.5) is 5.69 Å². The lowest BCUT2D eigenvalue weighted by Gasteiger charge is -2.11. The Morgan fingerprint density at radius 3 is 2.50 bits per heavy atom. The van der Waals surface area contributed by atoms with Gasteiger partial charge in [0, 0.05) is 12.1 Å². The number of hydrogen-bond acceptors (Lipinski definition) is 3. The number of aliphatic imine (C=N–C) groups is 1. The summed E-state index contributed by atoms with van der Waals surface area (Å²) in [6, 6.07) is 9.42. The monoisotopic (exact) mass is 261 g/mol. The van der Waals surface area contributed by atoms with Crippen LogP contribution in [0.15, 0.2) is 46.7 Å². The first-order valence-electron chi connectivity index (χ1n) is 5.44. The van der Waals surface area contributed by atoms with Crippen LogP contribution in [0.25, 0.3) is 5.53 Å². The van der Waals surface area contributed by atoms with E-state index in [1.54, 1.807) is 6.08 Å². The molecule has 0 aliphatic heterocycles. The zero-order valence-corrected chi connectivity index (χ0v) is 10.5. The highest BCUT2D eigenvalue weighted by Gasteiger charge is 2.27. The second-order valence-electron chi connectivity index (χ2n) is 3.80. The van der Waals surface area contributed by atoms with Gasteiger partial charge in [0.2, 0.25) is 8.38 Å². The molecular weight excluding hydrogens is 249 g/mol. The van der Waals surface area contributed by atoms with E-state index in [-0.39, 0.29) is 5.31 Å². The molecule has 1 aromatic rings. The van der Waals surface area contributed by atoms with Crippen molar-refractivity contribution in [1.29, 1.82) is 0 Å². The minimum absolute atomic E-state index is 0.258. The molecule has 0 amide bonds. The topological polar surface area (TPSA) is 89.2 Å². The average Bonchev–Trinajstić information content (AvgIpc) is 2.40. The first kappa shape index (κ1) is 12.8. The molecular formula is C12H12N3O2P. The highest BCUT2D eigenvalue weighted by Crippen LogP contribution is 2.38. The molecule has 1 aliphatic rings. The maximum atomic E-state index is 9.27. The van der Waals surface area contributed by atoms with Gasteiger partial charge in [-0.1, -0.05) is 18.2 Å². The van der Waals surface area contributed by atoms with Crippen LogP contribution in [0.2, 0.25) is 0 Å². The Labute approximate surface area is 106 Å². The number of benzene rings is 1. The standard InChI is InChI=1S/C12H12N3O2P/c13-15-11-7-6-10(8-12(11)18(16)17)14-9-4-2-1-3-5-9/h1-5,8,16-17H,6-7H2. The molecule has 92 valence electrons. The van der Waals surface area contributed by atoms with Crippen molar-refractivity contribution in [3.05, 3.63) is 47.3 Å². The van der Waals surface area contributed by atoms with Gasteiger partial charge in [-0.2, -0.15) is 4.79 Å². The maximum Gasteiger partial charge on any atom is 0.304 e. The number of nitrogens with zero attached hydrogens (tertiary/aromatic N) is 3. The third-order valence-corrected chi connectivity index (χ3v) is 3.40. The Morgan fingerprint density at radius 2 is 1.89 bits per heavy atom. The van der Waals surface area contributed by atoms with Gasteiger partial charge in [0.1, 0.15) is 5.31 Å². The number of allylic oxidation sites excluding steroid dienone is 2. The molecule has 0 atom stereocenters. The Balaban J connectivity index is 2.35. The fraction of sp³-hybridized carbons (Fsp3) is 0.167. The minimum atomic E-state index is -2.28. The lowest BCUT2D eigenvalue weighted by atomic mass is 10.0. The first-order valence-corrected chi connectivity index (χ1v) is 6.69. The lowest BCUT2D eigenvalue weighted by Crippen LogP contribution is -2.13. The summed E-state index contributed by atoms with van der Waals surface area (Å²) in [5.74, 6) is 0. The lowest BCUT2D eigenvalue weighted by molar-refractivity contribution is -0.00673. The molecule has 18 heavy (non-hydrogen) atoms. The van der Waals surface area contributed by atoms with E-state index in [0.29, 0.717) is 18.6 Å². The smallest absolute Gasteiger partial charge is 0.304 e. The molecule has 0 bridgehead atoms. The third-order valence-electron chi connectivity index (χ3n) is 2.58. The molecule has 1 aliphatic carbocycles. The van der Waals surface area contributed by atoms with Crippen molar-refractivity contribution in [2.24, 2.45) is 4.99 Å². The van der Waals surface area contributed by atoms with Gasteiger partial charge in [0.25, 0.3) is 0 Å². The fourth-order valence-electron chi connectivity index (χ4n) is 1.72. The van der Waals surface area contributed by atoms with E-state index in [1.807, 2.05) is 30.3 Å². The molecule has 0 saturated carbocycles. The van der Waals surface area contributed by atoms with Crippen molar-refractivity contribution in [3.8, 4) is 0 Å². The van der Waals surface area contributed by atoms with Crippen LogP contribution in [0.3, 0.4) is 0 Å². The Morgan fingerprint density at radius 1 is 1.17 bits per heavy atom. The van der Waals surface area contributed by atoms with Gasteiger partial charge in [0.05, 0.1) is 12.1 Å². The summed E-state index contributed by atoms with van der Waals surface area (Å²) in [5, 5.41) is 0.258. The van der Waals surface area contributed by atoms with Gasteiger partial charge in [0.15, 0.2) is 0 Å². The van der Waals surface area contributed by atoms with Crippen molar-refractivity contribution in [3.63, 3.8) is 0 Å². The molecule has 0 radical (unpaired) electrons. The highest BCUT2D eigenvalue weighted by atomic mass is 31.2. The van der Waals surface area contributed by atoms with Gasteiger partial charge in [-0.3, -0.25) is 4.99 Å². The van der Waals surface area contributed by atoms with Crippen LogP contribution < -0.4 is 0 Å². The van der Waals surface area contributed by atoms with Crippen molar-refractivity contribution in [1.82, 2.24) is 0 Å². The molecule has 0 saturated heterocycles. The molecule has 6 heteroatoms. The molecule has 0 spiro atoms. The zero-order valence-electron chi connectivity index (χ0n) is 9.56. The maximum absolute atomic E-state index is 9.27. The predicted molar refractivity (Wildman–Crippen MR) is 70.8 cm³/mol. The largest absolute Gasteiger partial charge is 0.361 e. The predicted octanol–water partition coefficient (Wildman–Crippen LogP) is 2.40. The summed E-state index contributed by atoms with van der Waals surface area (Å²) in [5.41, 5.74) is 10.7. The van der Waals surface area contributed by atoms with E-state index in [0.717, 1.165) is 11.4 Å². The van der Waals surface area contributed by atoms with E-state index in [9.17, 15) is 9.79 Å². The van der Waals surface area contributed by atoms with Crippen LogP contribution >= 0.6 is 8.38 Å². The van der Waals surface area contributed by atoms with E-state index in [1.165, 1.54) is 0 Å². The fourth-order valence-corrected chi connectivity index (χ4v) is 2.37. The van der Waals surface area contributed by atoms with Crippen LogP contribution in [0.5, 0.6) is 0 Å². The van der Waals surface area contributed by atoms with E-state index >= 15 is 0 Å². The number of hydrogen-bond donors (Lipinski definition) is 2. The van der Waals surface area contributed by atoms with Crippen LogP contribution in [-0.2, 0) is 0 Å². The van der Waals surface area contributed by atoms with E-state index in [4.69, 9.17) is 5.53 Å². The molecule has 0 unspecified atom stereocenters. The molecule has 2 rings (SSSR count). The van der Waals surface area contributed by atoms with Gasteiger partial charge in [-0.05, 0) is 18.2 Å². The summed E-state index contributed by atoms with van der Waals surface area (Å²) in [7, 11) is -2.28. The van der Waals surface area contributed by atoms with Crippen molar-refractivity contribution in [2.45, 2.75) is 12.8 Å². The van der Waals surface area contributed by atoms with E-state index < -0.39 is 8.38 Å². The second kappa shape index (κ2) is 5.80.